The molecule has 0 N–H and O–H groups in total. The fourth-order valence-electron chi connectivity index (χ4n) is 22.7. The van der Waals surface area contributed by atoms with E-state index >= 15 is 0 Å². The number of hydrogen-bond acceptors (Lipinski definition) is 0. The molecule has 22 aromatic carbocycles. The van der Waals surface area contributed by atoms with Crippen molar-refractivity contribution in [2.24, 2.45) is 0 Å². The summed E-state index contributed by atoms with van der Waals surface area (Å²) in [7, 11) is 0. The highest BCUT2D eigenvalue weighted by atomic mass is 14.6. The van der Waals surface area contributed by atoms with Gasteiger partial charge < -0.3 is 0 Å². The molecule has 0 aromatic heterocycles. The van der Waals surface area contributed by atoms with E-state index < -0.39 is 16.2 Å². The van der Waals surface area contributed by atoms with Gasteiger partial charge in [-0.1, -0.05) is 328 Å². The van der Waals surface area contributed by atoms with Crippen molar-refractivity contribution in [3.05, 3.63) is 467 Å². The van der Waals surface area contributed by atoms with Gasteiger partial charge in [0.2, 0.25) is 0 Å². The summed E-state index contributed by atoms with van der Waals surface area (Å²) in [6, 6.07) is 157. The van der Waals surface area contributed by atoms with E-state index in [1.54, 1.807) is 0 Å². The molecule has 22 aromatic rings. The van der Waals surface area contributed by atoms with E-state index in [4.69, 9.17) is 0 Å². The van der Waals surface area contributed by atoms with Crippen LogP contribution in [0.3, 0.4) is 0 Å². The fraction of sp³-hybridized carbons (Fsp3) is 0.0769. The number of benzene rings is 22. The van der Waals surface area contributed by atoms with Gasteiger partial charge in [0.15, 0.2) is 0 Å². The second-order valence-electron chi connectivity index (χ2n) is 34.5. The first-order valence-corrected chi connectivity index (χ1v) is 41.8. The van der Waals surface area contributed by atoms with E-state index in [1.165, 1.54) is 229 Å². The highest BCUT2D eigenvalue weighted by Crippen LogP contribution is 2.70. The third-order valence-corrected chi connectivity index (χ3v) is 27.7. The summed E-state index contributed by atoms with van der Waals surface area (Å²) in [6.45, 7) is 0. The lowest BCUT2D eigenvalue weighted by Gasteiger charge is -2.40. The molecule has 117 heavy (non-hydrogen) atoms. The highest BCUT2D eigenvalue weighted by Gasteiger charge is 2.58. The van der Waals surface area contributed by atoms with Gasteiger partial charge in [0.1, 0.15) is 0 Å². The number of fused-ring (bicyclic) bond motifs is 24. The maximum Gasteiger partial charge on any atom is 0.0302 e. The first kappa shape index (κ1) is 66.4. The lowest BCUT2D eigenvalue weighted by molar-refractivity contribution is 0.502. The van der Waals surface area contributed by atoms with Crippen LogP contribution in [0.4, 0.5) is 0 Å². The Hall–Kier alpha value is -14.0. The van der Waals surface area contributed by atoms with Crippen molar-refractivity contribution in [1.29, 1.82) is 0 Å². The Labute approximate surface area is 679 Å². The van der Waals surface area contributed by atoms with E-state index in [1.807, 2.05) is 0 Å². The van der Waals surface area contributed by atoms with Crippen molar-refractivity contribution >= 4 is 129 Å². The van der Waals surface area contributed by atoms with Crippen molar-refractivity contribution in [3.63, 3.8) is 0 Å². The molecule has 0 radical (unpaired) electrons. The average molecular weight is 1480 g/mol. The fourth-order valence-corrected chi connectivity index (χ4v) is 22.7. The molecular weight excluding hydrogens is 1410 g/mol. The molecule has 0 bridgehead atoms. The zero-order chi connectivity index (χ0) is 76.7. The molecule has 0 saturated carbocycles. The van der Waals surface area contributed by atoms with Crippen molar-refractivity contribution in [2.75, 3.05) is 0 Å². The molecule has 0 nitrogen and oxygen atoms in total. The summed E-state index contributed by atoms with van der Waals surface area (Å²) in [5.74, 6) is 0. The van der Waals surface area contributed by atoms with Crippen LogP contribution >= 0.6 is 0 Å². The van der Waals surface area contributed by atoms with Crippen LogP contribution in [0.1, 0.15) is 66.8 Å². The Bertz CT molecular complexity index is 6910. The van der Waals surface area contributed by atoms with Crippen molar-refractivity contribution in [1.82, 2.24) is 0 Å². The number of rotatable bonds is 12. The van der Waals surface area contributed by atoms with E-state index in [-0.39, 0.29) is 0 Å². The van der Waals surface area contributed by atoms with Gasteiger partial charge in [0.25, 0.3) is 0 Å². The van der Waals surface area contributed by atoms with Crippen LogP contribution in [-0.4, -0.2) is 0 Å². The van der Waals surface area contributed by atoms with E-state index in [2.05, 4.69) is 400 Å². The maximum atomic E-state index is 2.58. The van der Waals surface area contributed by atoms with Gasteiger partial charge in [-0.15, -0.1) is 0 Å². The minimum atomic E-state index is -0.661. The van der Waals surface area contributed by atoms with Gasteiger partial charge in [0.05, 0.1) is 0 Å². The van der Waals surface area contributed by atoms with Crippen LogP contribution in [0.15, 0.2) is 400 Å². The first-order chi connectivity index (χ1) is 57.7. The van der Waals surface area contributed by atoms with Crippen LogP contribution in [0.2, 0.25) is 0 Å². The van der Waals surface area contributed by atoms with Gasteiger partial charge in [-0.05, 0) is 341 Å². The largest absolute Gasteiger partial charge is 0.0619 e. The molecule has 3 aliphatic carbocycles. The van der Waals surface area contributed by atoms with E-state index in [0.29, 0.717) is 0 Å². The van der Waals surface area contributed by atoms with E-state index in [9.17, 15) is 0 Å². The van der Waals surface area contributed by atoms with Crippen molar-refractivity contribution < 1.29 is 0 Å². The molecule has 0 spiro atoms. The zero-order valence-corrected chi connectivity index (χ0v) is 64.8. The third-order valence-electron chi connectivity index (χ3n) is 27.7. The highest BCUT2D eigenvalue weighted by molar-refractivity contribution is 6.09. The monoisotopic (exact) mass is 1480 g/mol. The molecule has 0 atom stereocenters. The molecule has 0 heterocycles. The lowest BCUT2D eigenvalue weighted by Crippen LogP contribution is -2.36. The Morgan fingerprint density at radius 1 is 0.128 bits per heavy atom. The SMILES string of the molecule is c1ccc2c(c1)-c1c(c3c(c4c1C(Cc1ccc5cc6ccccc6cc5c1)(Cc1ccc5cc6ccccc6cc5c1)c1ccccc1-4)C(Cc1ccc4cc5ccccc5cc4c1)(Cc1ccc4cc5ccccc5cc4c1)c1ccccc1-3)C2(Cc1ccc2cc3ccccc3cc2c1)Cc1ccc2cc3ccccc3cc2c1. The predicted molar refractivity (Wildman–Crippen MR) is 496 cm³/mol. The molecular formula is C117H78. The average Bonchev–Trinajstić information content (AvgIpc) is 1.48. The molecule has 0 heteroatoms. The van der Waals surface area contributed by atoms with Gasteiger partial charge in [-0.2, -0.15) is 0 Å². The molecule has 0 saturated heterocycles. The summed E-state index contributed by atoms with van der Waals surface area (Å²) in [4.78, 5) is 0. The smallest absolute Gasteiger partial charge is 0.0302 e. The molecule has 0 unspecified atom stereocenters. The molecule has 3 aliphatic rings. The van der Waals surface area contributed by atoms with Gasteiger partial charge >= 0.3 is 0 Å². The second-order valence-corrected chi connectivity index (χ2v) is 34.5. The second kappa shape index (κ2) is 25.5. The van der Waals surface area contributed by atoms with Crippen LogP contribution in [0, 0.1) is 0 Å². The van der Waals surface area contributed by atoms with Gasteiger partial charge in [-0.3, -0.25) is 0 Å². The summed E-state index contributed by atoms with van der Waals surface area (Å²) in [5.41, 5.74) is 22.8. The molecule has 0 aliphatic heterocycles. The summed E-state index contributed by atoms with van der Waals surface area (Å²) in [6.07, 6.45) is 4.53. The minimum Gasteiger partial charge on any atom is -0.0619 e. The molecule has 25 rings (SSSR count). The quantitative estimate of drug-likeness (QED) is 0.107. The van der Waals surface area contributed by atoms with Gasteiger partial charge in [0, 0.05) is 16.2 Å². The summed E-state index contributed by atoms with van der Waals surface area (Å²) in [5, 5.41) is 30.3. The summed E-state index contributed by atoms with van der Waals surface area (Å²) < 4.78 is 0. The van der Waals surface area contributed by atoms with E-state index in [0.717, 1.165) is 38.5 Å². The molecule has 0 amide bonds. The zero-order valence-electron chi connectivity index (χ0n) is 64.8. The molecule has 546 valence electrons. The Balaban J connectivity index is 0.840. The lowest BCUT2D eigenvalue weighted by atomic mass is 9.62. The van der Waals surface area contributed by atoms with Crippen molar-refractivity contribution in [3.8, 4) is 33.4 Å². The number of hydrogen-bond donors (Lipinski definition) is 0. The standard InChI is InChI=1S/C117H78/c1-7-25-85-61-97-49-73(37-43-91(97)55-79(85)19-1)67-115(68-74-38-44-92-56-80-20-2-8-26-86(80)62-98(92)50-74)106-34-16-13-31-103(106)109-112(115)110-104-32-14-17-35-107(104)116(69-75-39-45-93-57-81-21-3-9-27-87(81)63-99(93)51-75,70-76-40-46-94-58-82-22-4-10-28-88(82)64-100(94)52-76)114(110)111-105-33-15-18-36-108(105)117(113(109)111,71-77-41-47-95-59-83-23-5-11-29-89(83)65-101(95)53-77)72-78-42-48-96-60-84-24-6-12-30-90(84)66-102(96)54-78/h1-66H,67-72H2. The van der Waals surface area contributed by atoms with Crippen LogP contribution in [-0.2, 0) is 54.8 Å². The summed E-state index contributed by atoms with van der Waals surface area (Å²) >= 11 is 0. The normalized spacial score (nSPS) is 14.1. The first-order valence-electron chi connectivity index (χ1n) is 41.8. The Kier molecular flexibility index (Phi) is 14.5. The third kappa shape index (κ3) is 10.4. The Morgan fingerprint density at radius 3 is 0.453 bits per heavy atom. The van der Waals surface area contributed by atoms with Crippen molar-refractivity contribution in [2.45, 2.75) is 54.8 Å². The van der Waals surface area contributed by atoms with Gasteiger partial charge in [-0.25, -0.2) is 0 Å². The minimum absolute atomic E-state index is 0.661. The van der Waals surface area contributed by atoms with Crippen LogP contribution in [0.5, 0.6) is 0 Å². The Morgan fingerprint density at radius 2 is 0.274 bits per heavy atom. The van der Waals surface area contributed by atoms with Crippen LogP contribution in [0.25, 0.3) is 163 Å². The molecule has 0 fully saturated rings. The maximum absolute atomic E-state index is 2.58. The topological polar surface area (TPSA) is 0 Å². The van der Waals surface area contributed by atoms with Crippen LogP contribution < -0.4 is 0 Å². The predicted octanol–water partition coefficient (Wildman–Crippen LogP) is 29.8.